The molecular weight excluding hydrogens is 422 g/mol. The number of esters is 1. The molecule has 0 saturated heterocycles. The molecule has 33 heavy (non-hydrogen) atoms. The molecular formula is C26H25NO6. The molecule has 1 N–H and O–H groups in total. The number of carbonyl (C=O) groups is 1. The van der Waals surface area contributed by atoms with Crippen molar-refractivity contribution in [2.45, 2.75) is 38.6 Å². The van der Waals surface area contributed by atoms with Crippen LogP contribution in [0.1, 0.15) is 32.4 Å². The quantitative estimate of drug-likeness (QED) is 0.369. The van der Waals surface area contributed by atoms with Gasteiger partial charge >= 0.3 is 5.97 Å². The molecule has 1 aliphatic heterocycles. The molecule has 0 aliphatic carbocycles. The topological polar surface area (TPSA) is 87.0 Å². The first-order chi connectivity index (χ1) is 15.6. The number of aryl methyl sites for hydroxylation is 1. The van der Waals surface area contributed by atoms with E-state index in [1.54, 1.807) is 19.9 Å². The third-order valence-corrected chi connectivity index (χ3v) is 6.45. The predicted octanol–water partition coefficient (Wildman–Crippen LogP) is 3.99. The zero-order chi connectivity index (χ0) is 23.7. The van der Waals surface area contributed by atoms with E-state index in [1.165, 1.54) is 14.0 Å². The van der Waals surface area contributed by atoms with Gasteiger partial charge in [-0.1, -0.05) is 24.3 Å². The molecule has 0 bridgehead atoms. The van der Waals surface area contributed by atoms with Crippen molar-refractivity contribution in [2.24, 2.45) is 7.05 Å². The van der Waals surface area contributed by atoms with E-state index in [1.807, 2.05) is 48.0 Å². The van der Waals surface area contributed by atoms with Crippen molar-refractivity contribution in [2.75, 3.05) is 7.11 Å². The standard InChI is InChI=1S/C26H25NO6/c1-13(28)32-25-24(30)21-19(33-26(25,2)3)12-18(31-5)20-22(21)27(4)17-11-15-9-7-6-8-14(15)10-16(17)23(20)29/h6-12,24-25,30H,1-5H3/t24-,25+/m1/s1. The average molecular weight is 447 g/mol. The minimum Gasteiger partial charge on any atom is -0.496 e. The lowest BCUT2D eigenvalue weighted by Crippen LogP contribution is -2.51. The van der Waals surface area contributed by atoms with Crippen molar-refractivity contribution < 1.29 is 24.1 Å². The van der Waals surface area contributed by atoms with Crippen LogP contribution in [-0.2, 0) is 16.6 Å². The number of benzene rings is 3. The smallest absolute Gasteiger partial charge is 0.303 e. The van der Waals surface area contributed by atoms with Crippen molar-refractivity contribution in [3.63, 3.8) is 0 Å². The fourth-order valence-corrected chi connectivity index (χ4v) is 4.94. The molecule has 170 valence electrons. The summed E-state index contributed by atoms with van der Waals surface area (Å²) in [7, 11) is 3.34. The summed E-state index contributed by atoms with van der Waals surface area (Å²) in [6.07, 6.45) is -2.16. The minimum absolute atomic E-state index is 0.204. The van der Waals surface area contributed by atoms with Crippen molar-refractivity contribution in [1.82, 2.24) is 4.57 Å². The van der Waals surface area contributed by atoms with Crippen LogP contribution in [0.25, 0.3) is 32.6 Å². The Kier molecular flexibility index (Phi) is 4.65. The van der Waals surface area contributed by atoms with E-state index < -0.39 is 23.8 Å². The molecule has 2 heterocycles. The number of nitrogens with zero attached hydrogens (tertiary/aromatic N) is 1. The van der Waals surface area contributed by atoms with Crippen molar-refractivity contribution in [3.05, 3.63) is 58.3 Å². The fraction of sp³-hybridized carbons (Fsp3) is 0.308. The van der Waals surface area contributed by atoms with E-state index in [4.69, 9.17) is 14.2 Å². The first kappa shape index (κ1) is 21.3. The second-order valence-corrected chi connectivity index (χ2v) is 9.00. The number of pyridine rings is 1. The van der Waals surface area contributed by atoms with Gasteiger partial charge in [0, 0.05) is 25.4 Å². The van der Waals surface area contributed by atoms with Crippen LogP contribution in [0.4, 0.5) is 0 Å². The first-order valence-corrected chi connectivity index (χ1v) is 10.7. The molecule has 4 aromatic rings. The summed E-state index contributed by atoms with van der Waals surface area (Å²) in [5.41, 5.74) is 0.387. The van der Waals surface area contributed by atoms with Gasteiger partial charge in [-0.25, -0.2) is 0 Å². The van der Waals surface area contributed by atoms with Crippen LogP contribution in [0.2, 0.25) is 0 Å². The number of fused-ring (bicyclic) bond motifs is 5. The Hall–Kier alpha value is -3.58. The molecule has 1 aliphatic rings. The van der Waals surface area contributed by atoms with Gasteiger partial charge < -0.3 is 23.9 Å². The van der Waals surface area contributed by atoms with Gasteiger partial charge in [-0.3, -0.25) is 9.59 Å². The number of methoxy groups -OCH3 is 1. The summed E-state index contributed by atoms with van der Waals surface area (Å²) in [5, 5.41) is 14.2. The highest BCUT2D eigenvalue weighted by molar-refractivity contribution is 6.04. The van der Waals surface area contributed by atoms with Crippen LogP contribution in [0.5, 0.6) is 11.5 Å². The van der Waals surface area contributed by atoms with Gasteiger partial charge in [-0.15, -0.1) is 0 Å². The lowest BCUT2D eigenvalue weighted by molar-refractivity contribution is -0.174. The molecule has 5 rings (SSSR count). The lowest BCUT2D eigenvalue weighted by atomic mass is 9.86. The molecule has 0 amide bonds. The van der Waals surface area contributed by atoms with Gasteiger partial charge in [0.25, 0.3) is 0 Å². The molecule has 0 saturated carbocycles. The molecule has 0 spiro atoms. The summed E-state index contributed by atoms with van der Waals surface area (Å²) in [5.74, 6) is 0.214. The van der Waals surface area contributed by atoms with Crippen molar-refractivity contribution in [3.8, 4) is 11.5 Å². The molecule has 7 nitrogen and oxygen atoms in total. The zero-order valence-electron chi connectivity index (χ0n) is 19.1. The van der Waals surface area contributed by atoms with Crippen LogP contribution in [0.15, 0.2) is 47.3 Å². The van der Waals surface area contributed by atoms with Gasteiger partial charge in [0.15, 0.2) is 6.10 Å². The molecule has 1 aromatic heterocycles. The molecule has 3 aromatic carbocycles. The van der Waals surface area contributed by atoms with E-state index in [-0.39, 0.29) is 5.43 Å². The number of hydrogen-bond donors (Lipinski definition) is 1. The third kappa shape index (κ3) is 3.07. The first-order valence-electron chi connectivity index (χ1n) is 10.7. The van der Waals surface area contributed by atoms with Gasteiger partial charge in [-0.05, 0) is 36.8 Å². The Morgan fingerprint density at radius 3 is 2.45 bits per heavy atom. The van der Waals surface area contributed by atoms with Crippen molar-refractivity contribution in [1.29, 1.82) is 0 Å². The predicted molar refractivity (Wildman–Crippen MR) is 126 cm³/mol. The third-order valence-electron chi connectivity index (χ3n) is 6.45. The number of ether oxygens (including phenoxy) is 3. The van der Waals surface area contributed by atoms with E-state index in [0.717, 1.165) is 10.8 Å². The van der Waals surface area contributed by atoms with Crippen LogP contribution < -0.4 is 14.9 Å². The number of aliphatic hydroxyl groups is 1. The number of aliphatic hydroxyl groups excluding tert-OH is 1. The SMILES string of the molecule is COc1cc2c(c3c1c(=O)c1cc4ccccc4cc1n3C)[C@@H](O)[C@H](OC(C)=O)C(C)(C)O2. The molecule has 0 fully saturated rings. The summed E-state index contributed by atoms with van der Waals surface area (Å²) in [6.45, 7) is 4.78. The summed E-state index contributed by atoms with van der Waals surface area (Å²) in [6, 6.07) is 13.3. The maximum Gasteiger partial charge on any atom is 0.303 e. The molecule has 0 unspecified atom stereocenters. The zero-order valence-corrected chi connectivity index (χ0v) is 19.1. The number of aromatic nitrogens is 1. The Morgan fingerprint density at radius 1 is 1.15 bits per heavy atom. The number of carbonyl (C=O) groups excluding carboxylic acids is 1. The van der Waals surface area contributed by atoms with Crippen LogP contribution in [0, 0.1) is 0 Å². The average Bonchev–Trinajstić information content (AvgIpc) is 2.77. The van der Waals surface area contributed by atoms with E-state index in [0.29, 0.717) is 38.9 Å². The lowest BCUT2D eigenvalue weighted by Gasteiger charge is -2.42. The van der Waals surface area contributed by atoms with E-state index >= 15 is 0 Å². The van der Waals surface area contributed by atoms with E-state index in [2.05, 4.69) is 0 Å². The summed E-state index contributed by atoms with van der Waals surface area (Å²) < 4.78 is 19.1. The summed E-state index contributed by atoms with van der Waals surface area (Å²) in [4.78, 5) is 25.5. The van der Waals surface area contributed by atoms with Crippen LogP contribution in [0.3, 0.4) is 0 Å². The Labute approximate surface area is 190 Å². The van der Waals surface area contributed by atoms with Gasteiger partial charge in [0.1, 0.15) is 23.2 Å². The summed E-state index contributed by atoms with van der Waals surface area (Å²) >= 11 is 0. The van der Waals surface area contributed by atoms with Crippen molar-refractivity contribution >= 4 is 38.5 Å². The highest BCUT2D eigenvalue weighted by Crippen LogP contribution is 2.47. The normalized spacial score (nSPS) is 19.3. The number of rotatable bonds is 2. The monoisotopic (exact) mass is 447 g/mol. The highest BCUT2D eigenvalue weighted by Gasteiger charge is 2.47. The maximum atomic E-state index is 13.7. The maximum absolute atomic E-state index is 13.7. The highest BCUT2D eigenvalue weighted by atomic mass is 16.6. The largest absolute Gasteiger partial charge is 0.496 e. The number of hydrogen-bond acceptors (Lipinski definition) is 6. The van der Waals surface area contributed by atoms with E-state index in [9.17, 15) is 14.7 Å². The Morgan fingerprint density at radius 2 is 1.82 bits per heavy atom. The second kappa shape index (κ2) is 7.22. The van der Waals surface area contributed by atoms with Gasteiger partial charge in [0.2, 0.25) is 5.43 Å². The van der Waals surface area contributed by atoms with Crippen LogP contribution in [-0.4, -0.2) is 34.5 Å². The Balaban J connectivity index is 1.94. The molecule has 7 heteroatoms. The fourth-order valence-electron chi connectivity index (χ4n) is 4.94. The molecule has 0 radical (unpaired) electrons. The Bertz CT molecular complexity index is 1520. The minimum atomic E-state index is -1.20. The molecule has 2 atom stereocenters. The second-order valence-electron chi connectivity index (χ2n) is 9.00. The van der Waals surface area contributed by atoms with Gasteiger partial charge in [-0.2, -0.15) is 0 Å². The van der Waals surface area contributed by atoms with Gasteiger partial charge in [0.05, 0.1) is 29.1 Å². The van der Waals surface area contributed by atoms with Crippen LogP contribution >= 0.6 is 0 Å².